The summed E-state index contributed by atoms with van der Waals surface area (Å²) in [5, 5.41) is 11.1. The maximum absolute atomic E-state index is 12.2. The SMILES string of the molecule is CCOc1ccccc1OCC(=O)NC(C)c1nnc2ccccn12. The van der Waals surface area contributed by atoms with E-state index in [1.54, 1.807) is 6.07 Å². The van der Waals surface area contributed by atoms with Crippen LogP contribution in [0.4, 0.5) is 0 Å². The molecule has 7 heteroatoms. The van der Waals surface area contributed by atoms with Gasteiger partial charge in [-0.1, -0.05) is 18.2 Å². The van der Waals surface area contributed by atoms with E-state index in [9.17, 15) is 4.79 Å². The van der Waals surface area contributed by atoms with Gasteiger partial charge >= 0.3 is 0 Å². The van der Waals surface area contributed by atoms with Gasteiger partial charge in [0, 0.05) is 6.20 Å². The highest BCUT2D eigenvalue weighted by Gasteiger charge is 2.16. The fourth-order valence-corrected chi connectivity index (χ4v) is 2.49. The number of carbonyl (C=O) groups is 1. The van der Waals surface area contributed by atoms with E-state index >= 15 is 0 Å². The molecular formula is C18H20N4O3. The van der Waals surface area contributed by atoms with Gasteiger partial charge in [0.2, 0.25) is 0 Å². The lowest BCUT2D eigenvalue weighted by atomic mass is 10.3. The molecule has 0 saturated carbocycles. The number of fused-ring (bicyclic) bond motifs is 1. The van der Waals surface area contributed by atoms with E-state index in [0.717, 1.165) is 5.65 Å². The van der Waals surface area contributed by atoms with Crippen molar-refractivity contribution in [3.8, 4) is 11.5 Å². The van der Waals surface area contributed by atoms with Crippen molar-refractivity contribution in [1.82, 2.24) is 19.9 Å². The maximum atomic E-state index is 12.2. The normalized spacial score (nSPS) is 11.9. The lowest BCUT2D eigenvalue weighted by Crippen LogP contribution is -2.32. The fourth-order valence-electron chi connectivity index (χ4n) is 2.49. The first kappa shape index (κ1) is 16.8. The van der Waals surface area contributed by atoms with Crippen LogP contribution in [0.5, 0.6) is 11.5 Å². The third-order valence-corrected chi connectivity index (χ3v) is 3.61. The van der Waals surface area contributed by atoms with Crippen molar-refractivity contribution in [2.24, 2.45) is 0 Å². The Hall–Kier alpha value is -3.09. The molecule has 130 valence electrons. The van der Waals surface area contributed by atoms with Gasteiger partial charge in [0.05, 0.1) is 12.6 Å². The molecule has 0 radical (unpaired) electrons. The van der Waals surface area contributed by atoms with Gasteiger partial charge in [-0.25, -0.2) is 0 Å². The van der Waals surface area contributed by atoms with Crippen molar-refractivity contribution in [2.75, 3.05) is 13.2 Å². The number of amides is 1. The molecule has 1 aromatic carbocycles. The maximum Gasteiger partial charge on any atom is 0.258 e. The molecule has 0 aliphatic carbocycles. The van der Waals surface area contributed by atoms with Crippen LogP contribution in [0.2, 0.25) is 0 Å². The van der Waals surface area contributed by atoms with Gasteiger partial charge in [0.25, 0.3) is 5.91 Å². The van der Waals surface area contributed by atoms with Crippen LogP contribution in [0.25, 0.3) is 5.65 Å². The average molecular weight is 340 g/mol. The van der Waals surface area contributed by atoms with E-state index in [0.29, 0.717) is 23.9 Å². The molecule has 1 N–H and O–H groups in total. The zero-order valence-electron chi connectivity index (χ0n) is 14.2. The van der Waals surface area contributed by atoms with E-state index in [1.807, 2.05) is 60.8 Å². The van der Waals surface area contributed by atoms with Gasteiger partial charge in [-0.05, 0) is 38.1 Å². The minimum absolute atomic E-state index is 0.106. The van der Waals surface area contributed by atoms with Crippen LogP contribution < -0.4 is 14.8 Å². The Bertz CT molecular complexity index is 862. The monoisotopic (exact) mass is 340 g/mol. The lowest BCUT2D eigenvalue weighted by molar-refractivity contribution is -0.123. The number of rotatable bonds is 7. The van der Waals surface area contributed by atoms with Crippen LogP contribution in [0, 0.1) is 0 Å². The number of hydrogen-bond donors (Lipinski definition) is 1. The average Bonchev–Trinajstić information content (AvgIpc) is 3.05. The Balaban J connectivity index is 1.61. The molecule has 25 heavy (non-hydrogen) atoms. The largest absolute Gasteiger partial charge is 0.490 e. The highest BCUT2D eigenvalue weighted by molar-refractivity contribution is 5.78. The zero-order valence-corrected chi connectivity index (χ0v) is 14.2. The molecule has 1 amide bonds. The van der Waals surface area contributed by atoms with E-state index < -0.39 is 0 Å². The number of para-hydroxylation sites is 2. The Morgan fingerprint density at radius 3 is 2.60 bits per heavy atom. The third-order valence-electron chi connectivity index (χ3n) is 3.61. The summed E-state index contributed by atoms with van der Waals surface area (Å²) in [5.74, 6) is 1.58. The van der Waals surface area contributed by atoms with Gasteiger partial charge in [-0.3, -0.25) is 9.20 Å². The van der Waals surface area contributed by atoms with Crippen LogP contribution in [-0.2, 0) is 4.79 Å². The standard InChI is InChI=1S/C18H20N4O3/c1-3-24-14-8-4-5-9-15(14)25-12-17(23)19-13(2)18-21-20-16-10-6-7-11-22(16)18/h4-11,13H,3,12H2,1-2H3,(H,19,23). The van der Waals surface area contributed by atoms with Gasteiger partial charge in [0.15, 0.2) is 29.6 Å². The quantitative estimate of drug-likeness (QED) is 0.714. The topological polar surface area (TPSA) is 77.8 Å². The van der Waals surface area contributed by atoms with Crippen molar-refractivity contribution >= 4 is 11.6 Å². The Labute approximate surface area is 145 Å². The minimum atomic E-state index is -0.296. The molecule has 0 saturated heterocycles. The first-order valence-electron chi connectivity index (χ1n) is 8.12. The van der Waals surface area contributed by atoms with Gasteiger partial charge in [-0.2, -0.15) is 0 Å². The summed E-state index contributed by atoms with van der Waals surface area (Å²) in [5.41, 5.74) is 0.737. The number of benzene rings is 1. The Morgan fingerprint density at radius 1 is 1.12 bits per heavy atom. The van der Waals surface area contributed by atoms with Gasteiger partial charge in [-0.15, -0.1) is 10.2 Å². The second kappa shape index (κ2) is 7.65. The summed E-state index contributed by atoms with van der Waals surface area (Å²) in [6.45, 7) is 4.18. The number of ether oxygens (including phenoxy) is 2. The summed E-state index contributed by atoms with van der Waals surface area (Å²) in [4.78, 5) is 12.2. The second-order valence-electron chi connectivity index (χ2n) is 5.44. The molecule has 1 atom stereocenters. The highest BCUT2D eigenvalue weighted by atomic mass is 16.5. The predicted octanol–water partition coefficient (Wildman–Crippen LogP) is 2.38. The third kappa shape index (κ3) is 3.88. The molecule has 7 nitrogen and oxygen atoms in total. The Morgan fingerprint density at radius 2 is 1.84 bits per heavy atom. The summed E-state index contributed by atoms with van der Waals surface area (Å²) < 4.78 is 12.9. The first-order valence-corrected chi connectivity index (χ1v) is 8.12. The van der Waals surface area contributed by atoms with Crippen molar-refractivity contribution in [3.05, 3.63) is 54.5 Å². The fraction of sp³-hybridized carbons (Fsp3) is 0.278. The number of hydrogen-bond acceptors (Lipinski definition) is 5. The lowest BCUT2D eigenvalue weighted by Gasteiger charge is -2.14. The molecule has 0 aliphatic rings. The molecule has 0 spiro atoms. The van der Waals surface area contributed by atoms with E-state index in [1.165, 1.54) is 0 Å². The number of nitrogens with one attached hydrogen (secondary N) is 1. The van der Waals surface area contributed by atoms with Crippen molar-refractivity contribution in [3.63, 3.8) is 0 Å². The number of pyridine rings is 1. The van der Waals surface area contributed by atoms with Crippen molar-refractivity contribution in [2.45, 2.75) is 19.9 Å². The summed E-state index contributed by atoms with van der Waals surface area (Å²) in [6, 6.07) is 12.6. The van der Waals surface area contributed by atoms with Crippen LogP contribution in [-0.4, -0.2) is 33.7 Å². The Kier molecular flexibility index (Phi) is 5.13. The summed E-state index contributed by atoms with van der Waals surface area (Å²) >= 11 is 0. The summed E-state index contributed by atoms with van der Waals surface area (Å²) in [6.07, 6.45) is 1.86. The highest BCUT2D eigenvalue weighted by Crippen LogP contribution is 2.26. The molecule has 3 rings (SSSR count). The van der Waals surface area contributed by atoms with E-state index in [4.69, 9.17) is 9.47 Å². The van der Waals surface area contributed by atoms with Crippen molar-refractivity contribution < 1.29 is 14.3 Å². The molecule has 0 aliphatic heterocycles. The number of carbonyl (C=O) groups excluding carboxylic acids is 1. The molecule has 0 bridgehead atoms. The molecule has 0 fully saturated rings. The zero-order chi connectivity index (χ0) is 17.6. The predicted molar refractivity (Wildman–Crippen MR) is 92.7 cm³/mol. The summed E-state index contributed by atoms with van der Waals surface area (Å²) in [7, 11) is 0. The molecule has 1 unspecified atom stereocenters. The molecule has 3 aromatic rings. The van der Waals surface area contributed by atoms with E-state index in [-0.39, 0.29) is 18.6 Å². The second-order valence-corrected chi connectivity index (χ2v) is 5.44. The van der Waals surface area contributed by atoms with Crippen LogP contribution in [0.3, 0.4) is 0 Å². The van der Waals surface area contributed by atoms with Gasteiger partial charge in [0.1, 0.15) is 0 Å². The van der Waals surface area contributed by atoms with Crippen LogP contribution in [0.15, 0.2) is 48.7 Å². The van der Waals surface area contributed by atoms with Gasteiger partial charge < -0.3 is 14.8 Å². The van der Waals surface area contributed by atoms with Crippen molar-refractivity contribution in [1.29, 1.82) is 0 Å². The molecule has 2 heterocycles. The molecule has 2 aromatic heterocycles. The number of nitrogens with zero attached hydrogens (tertiary/aromatic N) is 3. The smallest absolute Gasteiger partial charge is 0.258 e. The van der Waals surface area contributed by atoms with Crippen LogP contribution in [0.1, 0.15) is 25.7 Å². The number of aromatic nitrogens is 3. The van der Waals surface area contributed by atoms with E-state index in [2.05, 4.69) is 15.5 Å². The minimum Gasteiger partial charge on any atom is -0.490 e. The molecular weight excluding hydrogens is 320 g/mol. The first-order chi connectivity index (χ1) is 12.2. The van der Waals surface area contributed by atoms with Crippen LogP contribution >= 0.6 is 0 Å².